The van der Waals surface area contributed by atoms with Gasteiger partial charge in [-0.05, 0) is 35.4 Å². The first-order valence-corrected chi connectivity index (χ1v) is 6.08. The Bertz CT molecular complexity index is 517. The molecule has 2 heteroatoms. The molecule has 1 heterocycles. The average Bonchev–Trinajstić information content (AvgIpc) is 2.27. The fourth-order valence-electron chi connectivity index (χ4n) is 2.04. The molecule has 1 aromatic heterocycles. The van der Waals surface area contributed by atoms with Crippen LogP contribution < -0.4 is 0 Å². The van der Waals surface area contributed by atoms with Crippen molar-refractivity contribution in [3.8, 4) is 0 Å². The number of fused-ring (bicyclic) bond motifs is 1. The lowest BCUT2D eigenvalue weighted by Gasteiger charge is -2.12. The number of benzene rings is 1. The molecule has 0 aliphatic heterocycles. The second-order valence-electron chi connectivity index (χ2n) is 4.36. The van der Waals surface area contributed by atoms with Gasteiger partial charge in [0.1, 0.15) is 0 Å². The molecule has 0 saturated carbocycles. The smallest absolute Gasteiger partial charge is 0.0479 e. The summed E-state index contributed by atoms with van der Waals surface area (Å²) < 4.78 is 0. The van der Waals surface area contributed by atoms with E-state index in [2.05, 4.69) is 31.8 Å². The highest BCUT2D eigenvalue weighted by atomic mass is 35.5. The van der Waals surface area contributed by atoms with Gasteiger partial charge in [-0.3, -0.25) is 4.98 Å². The fraction of sp³-hybridized carbons (Fsp3) is 0.357. The number of nitrogens with zero attached hydrogens (tertiary/aromatic N) is 1. The Balaban J connectivity index is 2.80. The van der Waals surface area contributed by atoms with E-state index in [1.807, 2.05) is 18.3 Å². The third kappa shape index (κ3) is 1.92. The number of halogens is 1. The van der Waals surface area contributed by atoms with Crippen molar-refractivity contribution in [2.75, 3.05) is 0 Å². The maximum atomic E-state index is 6.05. The highest BCUT2D eigenvalue weighted by Crippen LogP contribution is 2.28. The van der Waals surface area contributed by atoms with Gasteiger partial charge in [-0.2, -0.15) is 0 Å². The molecule has 0 aliphatic carbocycles. The molecule has 0 amide bonds. The zero-order valence-electron chi connectivity index (χ0n) is 9.92. The van der Waals surface area contributed by atoms with Gasteiger partial charge in [-0.25, -0.2) is 0 Å². The van der Waals surface area contributed by atoms with Crippen LogP contribution in [0.1, 0.15) is 37.9 Å². The Kier molecular flexibility index (Phi) is 3.15. The second-order valence-corrected chi connectivity index (χ2v) is 4.79. The Labute approximate surface area is 101 Å². The minimum Gasteiger partial charge on any atom is -0.260 e. The van der Waals surface area contributed by atoms with Crippen LogP contribution >= 0.6 is 11.6 Å². The van der Waals surface area contributed by atoms with E-state index in [1.54, 1.807) is 0 Å². The lowest BCUT2D eigenvalue weighted by molar-refractivity contribution is 0.864. The van der Waals surface area contributed by atoms with Crippen LogP contribution in [-0.4, -0.2) is 4.98 Å². The molecule has 0 radical (unpaired) electrons. The van der Waals surface area contributed by atoms with Crippen LogP contribution in [-0.2, 0) is 6.42 Å². The molecule has 0 N–H and O–H groups in total. The summed E-state index contributed by atoms with van der Waals surface area (Å²) in [5.74, 6) is 0.488. The summed E-state index contributed by atoms with van der Waals surface area (Å²) >= 11 is 6.05. The van der Waals surface area contributed by atoms with E-state index in [-0.39, 0.29) is 0 Å². The van der Waals surface area contributed by atoms with Crippen molar-refractivity contribution in [1.29, 1.82) is 0 Å². The second kappa shape index (κ2) is 4.42. The molecule has 2 aromatic rings. The number of aryl methyl sites for hydroxylation is 1. The molecule has 0 spiro atoms. The van der Waals surface area contributed by atoms with Gasteiger partial charge in [-0.15, -0.1) is 0 Å². The standard InChI is InChI=1S/C14H16ClN/c1-4-14-12-7-10(15)5-6-11(12)13(8-16-14)9(2)3/h5-9H,4H2,1-3H3. The van der Waals surface area contributed by atoms with Gasteiger partial charge in [0.2, 0.25) is 0 Å². The first-order valence-electron chi connectivity index (χ1n) is 5.70. The molecule has 0 unspecified atom stereocenters. The molecule has 0 atom stereocenters. The molecule has 0 fully saturated rings. The maximum absolute atomic E-state index is 6.05. The Morgan fingerprint density at radius 2 is 2.00 bits per heavy atom. The van der Waals surface area contributed by atoms with Gasteiger partial charge >= 0.3 is 0 Å². The van der Waals surface area contributed by atoms with Crippen LogP contribution in [0.2, 0.25) is 5.02 Å². The number of pyridine rings is 1. The van der Waals surface area contributed by atoms with Gasteiger partial charge in [0.05, 0.1) is 0 Å². The predicted octanol–water partition coefficient (Wildman–Crippen LogP) is 4.57. The van der Waals surface area contributed by atoms with Crippen LogP contribution in [0.4, 0.5) is 0 Å². The minimum absolute atomic E-state index is 0.488. The van der Waals surface area contributed by atoms with E-state index in [0.717, 1.165) is 17.1 Å². The van der Waals surface area contributed by atoms with Crippen molar-refractivity contribution in [3.63, 3.8) is 0 Å². The Hall–Kier alpha value is -1.08. The lowest BCUT2D eigenvalue weighted by atomic mass is 9.97. The summed E-state index contributed by atoms with van der Waals surface area (Å²) in [4.78, 5) is 4.53. The topological polar surface area (TPSA) is 12.9 Å². The van der Waals surface area contributed by atoms with Gasteiger partial charge in [0, 0.05) is 22.3 Å². The van der Waals surface area contributed by atoms with Crippen LogP contribution in [0.15, 0.2) is 24.4 Å². The Morgan fingerprint density at radius 1 is 1.25 bits per heavy atom. The van der Waals surface area contributed by atoms with Crippen molar-refractivity contribution in [1.82, 2.24) is 4.98 Å². The van der Waals surface area contributed by atoms with E-state index in [1.165, 1.54) is 16.3 Å². The van der Waals surface area contributed by atoms with Crippen molar-refractivity contribution >= 4 is 22.4 Å². The van der Waals surface area contributed by atoms with Crippen LogP contribution in [0.25, 0.3) is 10.8 Å². The summed E-state index contributed by atoms with van der Waals surface area (Å²) in [5.41, 5.74) is 2.42. The third-order valence-corrected chi connectivity index (χ3v) is 3.15. The largest absolute Gasteiger partial charge is 0.260 e. The average molecular weight is 234 g/mol. The van der Waals surface area contributed by atoms with Gasteiger partial charge in [-0.1, -0.05) is 38.4 Å². The molecule has 0 bridgehead atoms. The third-order valence-electron chi connectivity index (χ3n) is 2.92. The van der Waals surface area contributed by atoms with Gasteiger partial charge in [0.25, 0.3) is 0 Å². The molecular formula is C14H16ClN. The summed E-state index contributed by atoms with van der Waals surface area (Å²) in [6, 6.07) is 6.08. The molecule has 1 nitrogen and oxygen atoms in total. The van der Waals surface area contributed by atoms with Crippen molar-refractivity contribution in [3.05, 3.63) is 40.7 Å². The number of hydrogen-bond acceptors (Lipinski definition) is 1. The summed E-state index contributed by atoms with van der Waals surface area (Å²) in [6.45, 7) is 6.51. The quantitative estimate of drug-likeness (QED) is 0.740. The maximum Gasteiger partial charge on any atom is 0.0479 e. The summed E-state index contributed by atoms with van der Waals surface area (Å²) in [7, 11) is 0. The van der Waals surface area contributed by atoms with Gasteiger partial charge in [0.15, 0.2) is 0 Å². The van der Waals surface area contributed by atoms with Crippen molar-refractivity contribution < 1.29 is 0 Å². The van der Waals surface area contributed by atoms with E-state index < -0.39 is 0 Å². The fourth-order valence-corrected chi connectivity index (χ4v) is 2.21. The highest BCUT2D eigenvalue weighted by Gasteiger charge is 2.09. The van der Waals surface area contributed by atoms with Crippen molar-refractivity contribution in [2.45, 2.75) is 33.1 Å². The summed E-state index contributed by atoms with van der Waals surface area (Å²) in [6.07, 6.45) is 2.94. The first kappa shape index (κ1) is 11.4. The molecule has 2 rings (SSSR count). The van der Waals surface area contributed by atoms with Crippen molar-refractivity contribution in [2.24, 2.45) is 0 Å². The van der Waals surface area contributed by atoms with Crippen LogP contribution in [0, 0.1) is 0 Å². The monoisotopic (exact) mass is 233 g/mol. The molecule has 1 aromatic carbocycles. The first-order chi connectivity index (χ1) is 7.63. The van der Waals surface area contributed by atoms with E-state index in [4.69, 9.17) is 11.6 Å². The van der Waals surface area contributed by atoms with E-state index in [9.17, 15) is 0 Å². The van der Waals surface area contributed by atoms with Crippen LogP contribution in [0.5, 0.6) is 0 Å². The minimum atomic E-state index is 0.488. The SMILES string of the molecule is CCc1ncc(C(C)C)c2ccc(Cl)cc12. The normalized spacial score (nSPS) is 11.3. The molecule has 84 valence electrons. The molecular weight excluding hydrogens is 218 g/mol. The Morgan fingerprint density at radius 3 is 2.62 bits per heavy atom. The van der Waals surface area contributed by atoms with Crippen LogP contribution in [0.3, 0.4) is 0 Å². The molecule has 16 heavy (non-hydrogen) atoms. The predicted molar refractivity (Wildman–Crippen MR) is 70.2 cm³/mol. The molecule has 0 aliphatic rings. The molecule has 0 saturated heterocycles. The number of rotatable bonds is 2. The zero-order valence-corrected chi connectivity index (χ0v) is 10.7. The number of aromatic nitrogens is 1. The van der Waals surface area contributed by atoms with Gasteiger partial charge < -0.3 is 0 Å². The zero-order chi connectivity index (χ0) is 11.7. The lowest BCUT2D eigenvalue weighted by Crippen LogP contribution is -1.96. The highest BCUT2D eigenvalue weighted by molar-refractivity contribution is 6.31. The summed E-state index contributed by atoms with van der Waals surface area (Å²) in [5, 5.41) is 3.26. The van der Waals surface area contributed by atoms with E-state index >= 15 is 0 Å². The van der Waals surface area contributed by atoms with E-state index in [0.29, 0.717) is 5.92 Å². The number of hydrogen-bond donors (Lipinski definition) is 0.